The van der Waals surface area contributed by atoms with Crippen molar-refractivity contribution < 1.29 is 9.59 Å². The lowest BCUT2D eigenvalue weighted by Gasteiger charge is -2.17. The van der Waals surface area contributed by atoms with E-state index in [9.17, 15) is 9.59 Å². The number of para-hydroxylation sites is 1. The van der Waals surface area contributed by atoms with Gasteiger partial charge in [0, 0.05) is 5.69 Å². The number of amides is 2. The van der Waals surface area contributed by atoms with Crippen LogP contribution in [0.3, 0.4) is 0 Å². The molecule has 0 atom stereocenters. The molecule has 0 aliphatic carbocycles. The monoisotopic (exact) mass is 340 g/mol. The smallest absolute Gasteiger partial charge is 0.283 e. The maximum Gasteiger partial charge on any atom is 0.283 e. The van der Waals surface area contributed by atoms with Crippen molar-refractivity contribution in [3.63, 3.8) is 0 Å². The van der Waals surface area contributed by atoms with Crippen LogP contribution in [0.15, 0.2) is 53.2 Å². The molecule has 4 nitrogen and oxygen atoms in total. The van der Waals surface area contributed by atoms with Crippen molar-refractivity contribution in [3.8, 4) is 0 Å². The predicted molar refractivity (Wildman–Crippen MR) is 96.1 cm³/mol. The van der Waals surface area contributed by atoms with E-state index in [0.29, 0.717) is 5.69 Å². The number of halogens is 1. The van der Waals surface area contributed by atoms with Gasteiger partial charge in [-0.05, 0) is 55.7 Å². The summed E-state index contributed by atoms with van der Waals surface area (Å²) in [4.78, 5) is 26.3. The molecule has 0 unspecified atom stereocenters. The zero-order valence-corrected chi connectivity index (χ0v) is 14.4. The van der Waals surface area contributed by atoms with Crippen LogP contribution in [0.4, 0.5) is 11.4 Å². The number of carbonyl (C=O) groups excluding carboxylic acids is 2. The lowest BCUT2D eigenvalue weighted by atomic mass is 10.1. The first-order valence-corrected chi connectivity index (χ1v) is 7.96. The van der Waals surface area contributed by atoms with Gasteiger partial charge in [-0.1, -0.05) is 35.9 Å². The van der Waals surface area contributed by atoms with Crippen LogP contribution in [-0.4, -0.2) is 11.8 Å². The highest BCUT2D eigenvalue weighted by atomic mass is 35.5. The highest BCUT2D eigenvalue weighted by Crippen LogP contribution is 2.32. The molecule has 0 saturated heterocycles. The van der Waals surface area contributed by atoms with Crippen molar-refractivity contribution in [1.29, 1.82) is 0 Å². The van der Waals surface area contributed by atoms with E-state index in [1.165, 1.54) is 0 Å². The van der Waals surface area contributed by atoms with Crippen LogP contribution in [0.1, 0.15) is 16.7 Å². The molecule has 24 heavy (non-hydrogen) atoms. The molecule has 1 N–H and O–H groups in total. The Bertz CT molecular complexity index is 887. The summed E-state index contributed by atoms with van der Waals surface area (Å²) in [6.07, 6.45) is 0. The Labute approximate surface area is 145 Å². The van der Waals surface area contributed by atoms with E-state index in [0.717, 1.165) is 27.3 Å². The molecule has 5 heteroatoms. The zero-order valence-electron chi connectivity index (χ0n) is 13.7. The van der Waals surface area contributed by atoms with E-state index < -0.39 is 11.8 Å². The lowest BCUT2D eigenvalue weighted by Crippen LogP contribution is -2.32. The van der Waals surface area contributed by atoms with Crippen molar-refractivity contribution in [2.24, 2.45) is 0 Å². The van der Waals surface area contributed by atoms with Gasteiger partial charge >= 0.3 is 0 Å². The van der Waals surface area contributed by atoms with Crippen LogP contribution in [0.5, 0.6) is 0 Å². The fraction of sp³-hybridized carbons (Fsp3) is 0.158. The molecular formula is C19H17ClN2O2. The molecule has 0 spiro atoms. The fourth-order valence-corrected chi connectivity index (χ4v) is 2.82. The topological polar surface area (TPSA) is 49.4 Å². The summed E-state index contributed by atoms with van der Waals surface area (Å²) in [6.45, 7) is 5.84. The Morgan fingerprint density at radius 2 is 1.58 bits per heavy atom. The van der Waals surface area contributed by atoms with Crippen LogP contribution in [0.25, 0.3) is 0 Å². The van der Waals surface area contributed by atoms with E-state index >= 15 is 0 Å². The number of rotatable bonds is 3. The largest absolute Gasteiger partial charge is 0.350 e. The molecule has 2 aromatic rings. The van der Waals surface area contributed by atoms with Crippen molar-refractivity contribution in [2.45, 2.75) is 20.8 Å². The average Bonchev–Trinajstić information content (AvgIpc) is 2.76. The first kappa shape index (κ1) is 16.3. The average molecular weight is 341 g/mol. The second-order valence-electron chi connectivity index (χ2n) is 5.85. The highest BCUT2D eigenvalue weighted by molar-refractivity contribution is 6.53. The van der Waals surface area contributed by atoms with Crippen LogP contribution in [0.2, 0.25) is 0 Å². The summed E-state index contributed by atoms with van der Waals surface area (Å²) in [6, 6.07) is 12.9. The molecular weight excluding hydrogens is 324 g/mol. The predicted octanol–water partition coefficient (Wildman–Crippen LogP) is 4.05. The maximum absolute atomic E-state index is 12.7. The van der Waals surface area contributed by atoms with Crippen LogP contribution < -0.4 is 10.2 Å². The Kier molecular flexibility index (Phi) is 4.16. The number of aryl methyl sites for hydroxylation is 3. The van der Waals surface area contributed by atoms with Gasteiger partial charge in [-0.15, -0.1) is 0 Å². The lowest BCUT2D eigenvalue weighted by molar-refractivity contribution is -0.120. The standard InChI is InChI=1S/C19H17ClN2O2/c1-11-8-9-14(10-13(11)3)21-17-16(20)18(23)22(19(17)24)15-7-5-4-6-12(15)2/h4-10,21H,1-3H3. The number of benzene rings is 2. The summed E-state index contributed by atoms with van der Waals surface area (Å²) < 4.78 is 0. The van der Waals surface area contributed by atoms with E-state index in [2.05, 4.69) is 5.32 Å². The number of nitrogens with one attached hydrogen (secondary N) is 1. The third-order valence-electron chi connectivity index (χ3n) is 4.16. The molecule has 0 saturated carbocycles. The van der Waals surface area contributed by atoms with Gasteiger partial charge in [0.05, 0.1) is 5.69 Å². The quantitative estimate of drug-likeness (QED) is 0.858. The number of carbonyl (C=O) groups is 2. The summed E-state index contributed by atoms with van der Waals surface area (Å²) in [5.41, 5.74) is 4.44. The molecule has 1 heterocycles. The Balaban J connectivity index is 1.95. The normalized spacial score (nSPS) is 14.6. The minimum atomic E-state index is -0.512. The molecule has 0 radical (unpaired) electrons. The summed E-state index contributed by atoms with van der Waals surface area (Å²) in [5.74, 6) is -0.958. The molecule has 1 aliphatic heterocycles. The number of anilines is 2. The van der Waals surface area contributed by atoms with Gasteiger partial charge in [0.1, 0.15) is 10.7 Å². The first-order valence-electron chi connectivity index (χ1n) is 7.58. The van der Waals surface area contributed by atoms with E-state index in [-0.39, 0.29) is 10.7 Å². The van der Waals surface area contributed by atoms with Gasteiger partial charge in [-0.3, -0.25) is 9.59 Å². The molecule has 3 rings (SSSR count). The maximum atomic E-state index is 12.7. The minimum Gasteiger partial charge on any atom is -0.350 e. The van der Waals surface area contributed by atoms with E-state index in [4.69, 9.17) is 11.6 Å². The van der Waals surface area contributed by atoms with Crippen LogP contribution >= 0.6 is 11.6 Å². The minimum absolute atomic E-state index is 0.0959. The Hall–Kier alpha value is -2.59. The highest BCUT2D eigenvalue weighted by Gasteiger charge is 2.39. The molecule has 0 bridgehead atoms. The third-order valence-corrected chi connectivity index (χ3v) is 4.51. The second-order valence-corrected chi connectivity index (χ2v) is 6.22. The van der Waals surface area contributed by atoms with Crippen molar-refractivity contribution in [1.82, 2.24) is 0 Å². The van der Waals surface area contributed by atoms with Crippen molar-refractivity contribution in [3.05, 3.63) is 69.9 Å². The van der Waals surface area contributed by atoms with Crippen molar-refractivity contribution >= 4 is 34.8 Å². The zero-order chi connectivity index (χ0) is 17.4. The van der Waals surface area contributed by atoms with Gasteiger partial charge < -0.3 is 5.32 Å². The van der Waals surface area contributed by atoms with Gasteiger partial charge in [-0.2, -0.15) is 0 Å². The van der Waals surface area contributed by atoms with E-state index in [1.54, 1.807) is 12.1 Å². The number of nitrogens with zero attached hydrogens (tertiary/aromatic N) is 1. The van der Waals surface area contributed by atoms with Crippen molar-refractivity contribution in [2.75, 3.05) is 10.2 Å². The molecule has 122 valence electrons. The molecule has 2 amide bonds. The summed E-state index contributed by atoms with van der Waals surface area (Å²) in [5, 5.41) is 2.90. The Morgan fingerprint density at radius 3 is 2.25 bits per heavy atom. The molecule has 2 aromatic carbocycles. The van der Waals surface area contributed by atoms with Crippen LogP contribution in [0, 0.1) is 20.8 Å². The molecule has 0 fully saturated rings. The van der Waals surface area contributed by atoms with Gasteiger partial charge in [0.2, 0.25) is 0 Å². The van der Waals surface area contributed by atoms with E-state index in [1.807, 2.05) is 51.1 Å². The Morgan fingerprint density at radius 1 is 0.875 bits per heavy atom. The third kappa shape index (κ3) is 2.69. The SMILES string of the molecule is Cc1ccc(NC2=C(Cl)C(=O)N(c3ccccc3C)C2=O)cc1C. The molecule has 1 aliphatic rings. The van der Waals surface area contributed by atoms with Gasteiger partial charge in [-0.25, -0.2) is 4.90 Å². The van der Waals surface area contributed by atoms with Gasteiger partial charge in [0.25, 0.3) is 11.8 Å². The number of imide groups is 1. The second kappa shape index (κ2) is 6.13. The summed E-state index contributed by atoms with van der Waals surface area (Å²) in [7, 11) is 0. The number of hydrogen-bond acceptors (Lipinski definition) is 3. The van der Waals surface area contributed by atoms with Gasteiger partial charge in [0.15, 0.2) is 0 Å². The fourth-order valence-electron chi connectivity index (χ4n) is 2.61. The summed E-state index contributed by atoms with van der Waals surface area (Å²) >= 11 is 6.15. The van der Waals surface area contributed by atoms with Crippen LogP contribution in [-0.2, 0) is 9.59 Å². The first-order chi connectivity index (χ1) is 11.4. The molecule has 0 aromatic heterocycles. The number of hydrogen-bond donors (Lipinski definition) is 1.